The lowest BCUT2D eigenvalue weighted by atomic mass is 10.0. The van der Waals surface area contributed by atoms with Crippen molar-refractivity contribution in [2.24, 2.45) is 0 Å². The number of hydrogen-bond donors (Lipinski definition) is 0. The normalized spacial score (nSPS) is 12.7. The Morgan fingerprint density at radius 3 is 2.25 bits per heavy atom. The van der Waals surface area contributed by atoms with Crippen molar-refractivity contribution < 1.29 is 9.53 Å². The molecule has 96 valence electrons. The van der Waals surface area contributed by atoms with Gasteiger partial charge in [-0.05, 0) is 19.8 Å². The zero-order valence-electron chi connectivity index (χ0n) is 11.3. The van der Waals surface area contributed by atoms with Gasteiger partial charge in [-0.2, -0.15) is 0 Å². The van der Waals surface area contributed by atoms with Crippen LogP contribution in [0.1, 0.15) is 72.1 Å². The van der Waals surface area contributed by atoms with Crippen molar-refractivity contribution in [1.29, 1.82) is 0 Å². The van der Waals surface area contributed by atoms with Crippen LogP contribution in [-0.4, -0.2) is 18.5 Å². The Hall–Kier alpha value is -0.370. The Morgan fingerprint density at radius 2 is 1.69 bits per heavy atom. The van der Waals surface area contributed by atoms with Gasteiger partial charge in [0.1, 0.15) is 6.10 Å². The molecule has 0 aliphatic rings. The molecule has 0 N–H and O–H groups in total. The summed E-state index contributed by atoms with van der Waals surface area (Å²) >= 11 is 0. The van der Waals surface area contributed by atoms with E-state index in [2.05, 4.69) is 6.92 Å². The van der Waals surface area contributed by atoms with E-state index in [1.165, 1.54) is 25.7 Å². The predicted octanol–water partition coefficient (Wildman–Crippen LogP) is 4.12. The molecule has 0 aromatic rings. The monoisotopic (exact) mass is 228 g/mol. The number of carbonyl (C=O) groups excluding carboxylic acids is 1. The van der Waals surface area contributed by atoms with Crippen LogP contribution in [0.25, 0.3) is 0 Å². The summed E-state index contributed by atoms with van der Waals surface area (Å²) in [4.78, 5) is 11.7. The first kappa shape index (κ1) is 15.6. The van der Waals surface area contributed by atoms with Gasteiger partial charge < -0.3 is 4.74 Å². The van der Waals surface area contributed by atoms with Crippen molar-refractivity contribution in [1.82, 2.24) is 0 Å². The highest BCUT2D eigenvalue weighted by atomic mass is 16.5. The van der Waals surface area contributed by atoms with E-state index in [-0.39, 0.29) is 6.10 Å². The van der Waals surface area contributed by atoms with Crippen LogP contribution in [0, 0.1) is 0 Å². The highest BCUT2D eigenvalue weighted by Crippen LogP contribution is 2.12. The van der Waals surface area contributed by atoms with E-state index in [4.69, 9.17) is 4.74 Å². The summed E-state index contributed by atoms with van der Waals surface area (Å²) in [5.74, 6) is 0.292. The van der Waals surface area contributed by atoms with Crippen molar-refractivity contribution in [2.75, 3.05) is 6.61 Å². The molecule has 0 amide bonds. The number of rotatable bonds is 11. The summed E-state index contributed by atoms with van der Waals surface area (Å²) in [7, 11) is 0. The molecular formula is C14H28O2. The predicted molar refractivity (Wildman–Crippen MR) is 68.7 cm³/mol. The Kier molecular flexibility index (Phi) is 10.9. The minimum atomic E-state index is -0.133. The molecule has 0 fully saturated rings. The Labute approximate surface area is 101 Å². The maximum atomic E-state index is 11.7. The van der Waals surface area contributed by atoms with E-state index >= 15 is 0 Å². The average molecular weight is 228 g/mol. The van der Waals surface area contributed by atoms with Gasteiger partial charge in [-0.3, -0.25) is 4.79 Å². The minimum Gasteiger partial charge on any atom is -0.371 e. The van der Waals surface area contributed by atoms with Crippen molar-refractivity contribution in [2.45, 2.75) is 78.2 Å². The van der Waals surface area contributed by atoms with Crippen LogP contribution in [-0.2, 0) is 9.53 Å². The van der Waals surface area contributed by atoms with Gasteiger partial charge in [0.2, 0.25) is 0 Å². The van der Waals surface area contributed by atoms with Crippen LogP contribution in [0.4, 0.5) is 0 Å². The van der Waals surface area contributed by atoms with Gasteiger partial charge >= 0.3 is 0 Å². The maximum absolute atomic E-state index is 11.7. The highest BCUT2D eigenvalue weighted by molar-refractivity contribution is 5.82. The lowest BCUT2D eigenvalue weighted by Crippen LogP contribution is -2.24. The molecule has 0 aliphatic carbocycles. The second-order valence-corrected chi connectivity index (χ2v) is 4.36. The van der Waals surface area contributed by atoms with Crippen molar-refractivity contribution in [3.05, 3.63) is 0 Å². The molecule has 16 heavy (non-hydrogen) atoms. The molecule has 0 spiro atoms. The SMILES string of the molecule is CCCCCCCC(OCC)C(=O)CCC. The average Bonchev–Trinajstić information content (AvgIpc) is 2.27. The first-order chi connectivity index (χ1) is 7.76. The van der Waals surface area contributed by atoms with Gasteiger partial charge in [-0.15, -0.1) is 0 Å². The highest BCUT2D eigenvalue weighted by Gasteiger charge is 2.16. The Balaban J connectivity index is 3.71. The van der Waals surface area contributed by atoms with Gasteiger partial charge in [0, 0.05) is 13.0 Å². The topological polar surface area (TPSA) is 26.3 Å². The fraction of sp³-hybridized carbons (Fsp3) is 0.929. The fourth-order valence-corrected chi connectivity index (χ4v) is 1.88. The van der Waals surface area contributed by atoms with Gasteiger partial charge in [0.05, 0.1) is 0 Å². The van der Waals surface area contributed by atoms with Crippen molar-refractivity contribution in [3.63, 3.8) is 0 Å². The van der Waals surface area contributed by atoms with Crippen LogP contribution in [0.5, 0.6) is 0 Å². The maximum Gasteiger partial charge on any atom is 0.161 e. The zero-order valence-corrected chi connectivity index (χ0v) is 11.3. The molecule has 0 aromatic carbocycles. The van der Waals surface area contributed by atoms with E-state index in [1.54, 1.807) is 0 Å². The fourth-order valence-electron chi connectivity index (χ4n) is 1.88. The molecule has 0 heterocycles. The van der Waals surface area contributed by atoms with E-state index < -0.39 is 0 Å². The summed E-state index contributed by atoms with van der Waals surface area (Å²) in [6.07, 6.45) is 8.60. The van der Waals surface area contributed by atoms with Gasteiger partial charge in [0.15, 0.2) is 5.78 Å². The molecule has 0 radical (unpaired) electrons. The number of carbonyl (C=O) groups is 1. The Bertz CT molecular complexity index is 166. The van der Waals surface area contributed by atoms with Crippen molar-refractivity contribution >= 4 is 5.78 Å². The molecule has 0 saturated carbocycles. The van der Waals surface area contributed by atoms with Gasteiger partial charge in [-0.25, -0.2) is 0 Å². The molecule has 0 aromatic heterocycles. The number of hydrogen-bond acceptors (Lipinski definition) is 2. The molecular weight excluding hydrogens is 200 g/mol. The van der Waals surface area contributed by atoms with Gasteiger partial charge in [0.25, 0.3) is 0 Å². The number of ether oxygens (including phenoxy) is 1. The molecule has 0 rings (SSSR count). The standard InChI is InChI=1S/C14H28O2/c1-4-7-8-9-10-12-14(16-6-3)13(15)11-5-2/h14H,4-12H2,1-3H3. The van der Waals surface area contributed by atoms with E-state index in [0.29, 0.717) is 18.8 Å². The molecule has 1 unspecified atom stereocenters. The summed E-state index contributed by atoms with van der Waals surface area (Å²) in [6, 6.07) is 0. The quantitative estimate of drug-likeness (QED) is 0.497. The first-order valence-electron chi connectivity index (χ1n) is 6.90. The number of ketones is 1. The van der Waals surface area contributed by atoms with Crippen LogP contribution >= 0.6 is 0 Å². The zero-order chi connectivity index (χ0) is 12.2. The molecule has 2 nitrogen and oxygen atoms in total. The molecule has 0 bridgehead atoms. The molecule has 1 atom stereocenters. The molecule has 2 heteroatoms. The largest absolute Gasteiger partial charge is 0.371 e. The third-order valence-corrected chi connectivity index (χ3v) is 2.79. The van der Waals surface area contributed by atoms with Crippen LogP contribution in [0.2, 0.25) is 0 Å². The second kappa shape index (κ2) is 11.1. The lowest BCUT2D eigenvalue weighted by Gasteiger charge is -2.15. The van der Waals surface area contributed by atoms with Crippen LogP contribution in [0.15, 0.2) is 0 Å². The first-order valence-corrected chi connectivity index (χ1v) is 6.90. The van der Waals surface area contributed by atoms with E-state index in [9.17, 15) is 4.79 Å². The summed E-state index contributed by atoms with van der Waals surface area (Å²) in [5, 5.41) is 0. The third kappa shape index (κ3) is 7.86. The molecule has 0 saturated heterocycles. The Morgan fingerprint density at radius 1 is 1.00 bits per heavy atom. The number of unbranched alkanes of at least 4 members (excludes halogenated alkanes) is 4. The lowest BCUT2D eigenvalue weighted by molar-refractivity contribution is -0.130. The van der Waals surface area contributed by atoms with Crippen molar-refractivity contribution in [3.8, 4) is 0 Å². The second-order valence-electron chi connectivity index (χ2n) is 4.36. The van der Waals surface area contributed by atoms with E-state index in [1.807, 2.05) is 13.8 Å². The van der Waals surface area contributed by atoms with Crippen LogP contribution in [0.3, 0.4) is 0 Å². The van der Waals surface area contributed by atoms with Crippen LogP contribution < -0.4 is 0 Å². The minimum absolute atomic E-state index is 0.133. The summed E-state index contributed by atoms with van der Waals surface area (Å²) in [6.45, 7) is 6.87. The van der Waals surface area contributed by atoms with E-state index in [0.717, 1.165) is 19.3 Å². The summed E-state index contributed by atoms with van der Waals surface area (Å²) in [5.41, 5.74) is 0. The summed E-state index contributed by atoms with van der Waals surface area (Å²) < 4.78 is 5.51. The smallest absolute Gasteiger partial charge is 0.161 e. The number of Topliss-reactive ketones (excluding diaryl/α,β-unsaturated/α-hetero) is 1. The molecule has 0 aliphatic heterocycles. The third-order valence-electron chi connectivity index (χ3n) is 2.79. The van der Waals surface area contributed by atoms with Gasteiger partial charge in [-0.1, -0.05) is 46.0 Å².